The molecular weight excluding hydrogens is 240 g/mol. The lowest BCUT2D eigenvalue weighted by Gasteiger charge is -2.29. The SMILES string of the molecule is COc1ccc(NC(=O)N[C@@H]2CCCC[C@H]2C)cc1. The molecule has 1 aromatic carbocycles. The first kappa shape index (κ1) is 13.7. The van der Waals surface area contributed by atoms with Gasteiger partial charge in [-0.1, -0.05) is 19.8 Å². The van der Waals surface area contributed by atoms with E-state index in [1.54, 1.807) is 7.11 Å². The number of carbonyl (C=O) groups is 1. The van der Waals surface area contributed by atoms with Crippen molar-refractivity contribution in [2.75, 3.05) is 12.4 Å². The van der Waals surface area contributed by atoms with Crippen molar-refractivity contribution in [3.05, 3.63) is 24.3 Å². The van der Waals surface area contributed by atoms with E-state index >= 15 is 0 Å². The van der Waals surface area contributed by atoms with Gasteiger partial charge in [0.2, 0.25) is 0 Å². The number of hydrogen-bond donors (Lipinski definition) is 2. The van der Waals surface area contributed by atoms with Crippen molar-refractivity contribution in [2.45, 2.75) is 38.6 Å². The number of amides is 2. The van der Waals surface area contributed by atoms with Gasteiger partial charge in [0.1, 0.15) is 5.75 Å². The second kappa shape index (κ2) is 6.45. The lowest BCUT2D eigenvalue weighted by molar-refractivity contribution is 0.232. The summed E-state index contributed by atoms with van der Waals surface area (Å²) in [7, 11) is 1.62. The molecule has 1 fully saturated rings. The zero-order chi connectivity index (χ0) is 13.7. The number of carbonyl (C=O) groups excluding carboxylic acids is 1. The topological polar surface area (TPSA) is 50.4 Å². The monoisotopic (exact) mass is 262 g/mol. The van der Waals surface area contributed by atoms with Crippen LogP contribution < -0.4 is 15.4 Å². The zero-order valence-corrected chi connectivity index (χ0v) is 11.6. The van der Waals surface area contributed by atoms with E-state index in [1.165, 1.54) is 19.3 Å². The molecule has 0 heterocycles. The molecule has 4 nitrogen and oxygen atoms in total. The molecule has 0 saturated heterocycles. The summed E-state index contributed by atoms with van der Waals surface area (Å²) in [6, 6.07) is 7.51. The second-order valence-corrected chi connectivity index (χ2v) is 5.20. The van der Waals surface area contributed by atoms with Crippen molar-refractivity contribution >= 4 is 11.7 Å². The van der Waals surface area contributed by atoms with Gasteiger partial charge in [0.25, 0.3) is 0 Å². The van der Waals surface area contributed by atoms with Gasteiger partial charge in [-0.25, -0.2) is 4.79 Å². The van der Waals surface area contributed by atoms with Crippen molar-refractivity contribution in [1.82, 2.24) is 5.32 Å². The Morgan fingerprint density at radius 2 is 1.89 bits per heavy atom. The Balaban J connectivity index is 1.86. The summed E-state index contributed by atoms with van der Waals surface area (Å²) in [5, 5.41) is 5.92. The molecule has 2 N–H and O–H groups in total. The molecule has 2 rings (SSSR count). The number of rotatable bonds is 3. The van der Waals surface area contributed by atoms with Crippen LogP contribution >= 0.6 is 0 Å². The van der Waals surface area contributed by atoms with Crippen LogP contribution in [-0.2, 0) is 0 Å². The van der Waals surface area contributed by atoms with Gasteiger partial charge in [-0.15, -0.1) is 0 Å². The van der Waals surface area contributed by atoms with Crippen molar-refractivity contribution in [2.24, 2.45) is 5.92 Å². The van der Waals surface area contributed by atoms with Gasteiger partial charge in [0.15, 0.2) is 0 Å². The average Bonchev–Trinajstić information content (AvgIpc) is 2.42. The van der Waals surface area contributed by atoms with Crippen LogP contribution in [0.25, 0.3) is 0 Å². The highest BCUT2D eigenvalue weighted by Gasteiger charge is 2.22. The number of nitrogens with one attached hydrogen (secondary N) is 2. The molecule has 2 atom stereocenters. The number of ether oxygens (including phenoxy) is 1. The van der Waals surface area contributed by atoms with E-state index in [1.807, 2.05) is 24.3 Å². The van der Waals surface area contributed by atoms with Crippen molar-refractivity contribution in [3.8, 4) is 5.75 Å². The quantitative estimate of drug-likeness (QED) is 0.877. The first-order valence-electron chi connectivity index (χ1n) is 6.90. The molecular formula is C15H22N2O2. The Morgan fingerprint density at radius 1 is 1.21 bits per heavy atom. The van der Waals surface area contributed by atoms with E-state index in [9.17, 15) is 4.79 Å². The summed E-state index contributed by atoms with van der Waals surface area (Å²) in [4.78, 5) is 11.9. The van der Waals surface area contributed by atoms with Crippen LogP contribution in [-0.4, -0.2) is 19.2 Å². The van der Waals surface area contributed by atoms with Gasteiger partial charge in [-0.05, 0) is 43.0 Å². The molecule has 104 valence electrons. The highest BCUT2D eigenvalue weighted by molar-refractivity contribution is 5.89. The first-order chi connectivity index (χ1) is 9.19. The summed E-state index contributed by atoms with van der Waals surface area (Å²) in [5.41, 5.74) is 0.779. The molecule has 2 amide bonds. The van der Waals surface area contributed by atoms with Gasteiger partial charge in [-0.2, -0.15) is 0 Å². The van der Waals surface area contributed by atoms with Crippen molar-refractivity contribution in [3.63, 3.8) is 0 Å². The normalized spacial score (nSPS) is 22.6. The predicted molar refractivity (Wildman–Crippen MR) is 76.6 cm³/mol. The van der Waals surface area contributed by atoms with Crippen LogP contribution in [0.1, 0.15) is 32.6 Å². The molecule has 0 radical (unpaired) electrons. The fourth-order valence-electron chi connectivity index (χ4n) is 2.54. The van der Waals surface area contributed by atoms with E-state index in [-0.39, 0.29) is 6.03 Å². The second-order valence-electron chi connectivity index (χ2n) is 5.20. The first-order valence-corrected chi connectivity index (χ1v) is 6.90. The van der Waals surface area contributed by atoms with Gasteiger partial charge in [-0.3, -0.25) is 0 Å². The summed E-state index contributed by atoms with van der Waals surface area (Å²) in [6.07, 6.45) is 4.77. The minimum Gasteiger partial charge on any atom is -0.497 e. The maximum Gasteiger partial charge on any atom is 0.319 e. The summed E-state index contributed by atoms with van der Waals surface area (Å²) in [6.45, 7) is 2.21. The van der Waals surface area contributed by atoms with Crippen molar-refractivity contribution in [1.29, 1.82) is 0 Å². The van der Waals surface area contributed by atoms with Gasteiger partial charge >= 0.3 is 6.03 Å². The Bertz CT molecular complexity index is 417. The summed E-state index contributed by atoms with van der Waals surface area (Å²) >= 11 is 0. The van der Waals surface area contributed by atoms with E-state index in [0.717, 1.165) is 17.9 Å². The van der Waals surface area contributed by atoms with Crippen LogP contribution in [0.2, 0.25) is 0 Å². The van der Waals surface area contributed by atoms with Crippen LogP contribution in [0.5, 0.6) is 5.75 Å². The van der Waals surface area contributed by atoms with E-state index in [2.05, 4.69) is 17.6 Å². The molecule has 0 unspecified atom stereocenters. The van der Waals surface area contributed by atoms with Gasteiger partial charge in [0.05, 0.1) is 7.11 Å². The third-order valence-electron chi connectivity index (χ3n) is 3.78. The summed E-state index contributed by atoms with van der Waals surface area (Å²) < 4.78 is 5.08. The summed E-state index contributed by atoms with van der Waals surface area (Å²) in [5.74, 6) is 1.35. The number of benzene rings is 1. The van der Waals surface area contributed by atoms with Crippen LogP contribution in [0, 0.1) is 5.92 Å². The molecule has 0 aromatic heterocycles. The van der Waals surface area contributed by atoms with Gasteiger partial charge in [0, 0.05) is 11.7 Å². The largest absolute Gasteiger partial charge is 0.497 e. The Hall–Kier alpha value is -1.71. The molecule has 0 bridgehead atoms. The Labute approximate surface area is 114 Å². The smallest absolute Gasteiger partial charge is 0.319 e. The van der Waals surface area contributed by atoms with Crippen molar-refractivity contribution < 1.29 is 9.53 Å². The third-order valence-corrected chi connectivity index (χ3v) is 3.78. The van der Waals surface area contributed by atoms with Crippen LogP contribution in [0.4, 0.5) is 10.5 Å². The fraction of sp³-hybridized carbons (Fsp3) is 0.533. The molecule has 0 aliphatic heterocycles. The van der Waals surface area contributed by atoms with Crippen LogP contribution in [0.15, 0.2) is 24.3 Å². The molecule has 1 aliphatic carbocycles. The Morgan fingerprint density at radius 3 is 2.53 bits per heavy atom. The maximum atomic E-state index is 11.9. The molecule has 1 aromatic rings. The fourth-order valence-corrected chi connectivity index (χ4v) is 2.54. The predicted octanol–water partition coefficient (Wildman–Crippen LogP) is 3.40. The maximum absolute atomic E-state index is 11.9. The minimum absolute atomic E-state index is 0.121. The third kappa shape index (κ3) is 3.88. The molecule has 1 saturated carbocycles. The lowest BCUT2D eigenvalue weighted by atomic mass is 9.86. The van der Waals surface area contributed by atoms with Gasteiger partial charge < -0.3 is 15.4 Å². The van der Waals surface area contributed by atoms with E-state index in [4.69, 9.17) is 4.74 Å². The Kier molecular flexibility index (Phi) is 4.66. The highest BCUT2D eigenvalue weighted by Crippen LogP contribution is 2.23. The zero-order valence-electron chi connectivity index (χ0n) is 11.6. The number of urea groups is 1. The minimum atomic E-state index is -0.121. The number of methoxy groups -OCH3 is 1. The molecule has 1 aliphatic rings. The number of anilines is 1. The van der Waals surface area contributed by atoms with Crippen LogP contribution in [0.3, 0.4) is 0 Å². The van der Waals surface area contributed by atoms with E-state index in [0.29, 0.717) is 12.0 Å². The average molecular weight is 262 g/mol. The van der Waals surface area contributed by atoms with E-state index < -0.39 is 0 Å². The highest BCUT2D eigenvalue weighted by atomic mass is 16.5. The number of hydrogen-bond acceptors (Lipinski definition) is 2. The lowest BCUT2D eigenvalue weighted by Crippen LogP contribution is -2.43. The molecule has 0 spiro atoms. The molecule has 4 heteroatoms. The molecule has 19 heavy (non-hydrogen) atoms. The standard InChI is InChI=1S/C15H22N2O2/c1-11-5-3-4-6-14(11)17-15(18)16-12-7-9-13(19-2)10-8-12/h7-11,14H,3-6H2,1-2H3,(H2,16,17,18)/t11-,14-/m1/s1.